The van der Waals surface area contributed by atoms with Crippen LogP contribution in [0.1, 0.15) is 5.69 Å². The van der Waals surface area contributed by atoms with Crippen LogP contribution in [0.25, 0.3) is 28.0 Å². The number of hydrogen-bond acceptors (Lipinski definition) is 3. The molecule has 3 aromatic carbocycles. The zero-order valence-corrected chi connectivity index (χ0v) is 17.3. The number of benzene rings is 3. The lowest BCUT2D eigenvalue weighted by Crippen LogP contribution is -2.19. The summed E-state index contributed by atoms with van der Waals surface area (Å²) in [5.74, 6) is 0.704. The summed E-state index contributed by atoms with van der Waals surface area (Å²) in [5.41, 5.74) is 3.53. The Morgan fingerprint density at radius 3 is 2.23 bits per heavy atom. The van der Waals surface area contributed by atoms with Gasteiger partial charge in [0.15, 0.2) is 5.69 Å². The van der Waals surface area contributed by atoms with E-state index < -0.39 is 0 Å². The molecule has 0 bridgehead atoms. The van der Waals surface area contributed by atoms with E-state index in [2.05, 4.69) is 0 Å². The van der Waals surface area contributed by atoms with Gasteiger partial charge >= 0.3 is 0 Å². The van der Waals surface area contributed by atoms with E-state index in [4.69, 9.17) is 9.41 Å². The second-order valence-electron chi connectivity index (χ2n) is 7.38. The van der Waals surface area contributed by atoms with Crippen LogP contribution in [0.3, 0.4) is 0 Å². The first-order chi connectivity index (χ1) is 15.1. The average Bonchev–Trinajstić information content (AvgIpc) is 3.03. The molecule has 2 aromatic heterocycles. The van der Waals surface area contributed by atoms with E-state index in [-0.39, 0.29) is 5.56 Å². The third-order valence-electron chi connectivity index (χ3n) is 5.47. The SMILES string of the molecule is Cc1c(N=c2cc(-c3ccccc3)oc3ccccc23)c(=O)n(-c2ccccc2)n1C. The molecule has 0 atom stereocenters. The van der Waals surface area contributed by atoms with Gasteiger partial charge in [0.05, 0.1) is 16.7 Å². The van der Waals surface area contributed by atoms with Gasteiger partial charge < -0.3 is 4.42 Å². The Balaban J connectivity index is 1.79. The Bertz CT molecular complexity index is 1510. The second kappa shape index (κ2) is 7.61. The van der Waals surface area contributed by atoms with E-state index in [1.54, 1.807) is 4.68 Å². The molecular weight excluding hydrogens is 386 g/mol. The van der Waals surface area contributed by atoms with Crippen molar-refractivity contribution in [2.24, 2.45) is 12.0 Å². The van der Waals surface area contributed by atoms with Gasteiger partial charge in [0, 0.05) is 24.1 Å². The lowest BCUT2D eigenvalue weighted by molar-refractivity contribution is 0.618. The molecule has 2 heterocycles. The van der Waals surface area contributed by atoms with E-state index in [0.29, 0.717) is 16.8 Å². The number of rotatable bonds is 3. The minimum absolute atomic E-state index is 0.155. The van der Waals surface area contributed by atoms with Gasteiger partial charge in [-0.15, -0.1) is 0 Å². The van der Waals surface area contributed by atoms with Gasteiger partial charge in [-0.1, -0.05) is 60.7 Å². The molecule has 0 aliphatic rings. The zero-order chi connectivity index (χ0) is 21.4. The van der Waals surface area contributed by atoms with Crippen LogP contribution < -0.4 is 10.9 Å². The Morgan fingerprint density at radius 2 is 1.48 bits per heavy atom. The molecule has 0 N–H and O–H groups in total. The van der Waals surface area contributed by atoms with Crippen molar-refractivity contribution in [3.05, 3.63) is 112 Å². The number of nitrogens with zero attached hydrogens (tertiary/aromatic N) is 3. The second-order valence-corrected chi connectivity index (χ2v) is 7.38. The van der Waals surface area contributed by atoms with Crippen LogP contribution in [0.5, 0.6) is 0 Å². The van der Waals surface area contributed by atoms with Crippen molar-refractivity contribution in [3.8, 4) is 17.0 Å². The van der Waals surface area contributed by atoms with Crippen LogP contribution >= 0.6 is 0 Å². The molecule has 31 heavy (non-hydrogen) atoms. The topological polar surface area (TPSA) is 52.4 Å². The molecule has 0 saturated heterocycles. The fourth-order valence-electron chi connectivity index (χ4n) is 3.76. The largest absolute Gasteiger partial charge is 0.456 e. The predicted molar refractivity (Wildman–Crippen MR) is 123 cm³/mol. The standard InChI is InChI=1S/C26H21N3O2/c1-18-25(26(30)29(28(18)2)20-13-7-4-8-14-20)27-22-17-24(19-11-5-3-6-12-19)31-23-16-10-9-15-21(22)23/h3-17H,1-2H3. The van der Waals surface area contributed by atoms with Gasteiger partial charge in [0.1, 0.15) is 11.3 Å². The van der Waals surface area contributed by atoms with Gasteiger partial charge in [-0.2, -0.15) is 0 Å². The highest BCUT2D eigenvalue weighted by atomic mass is 16.3. The highest BCUT2D eigenvalue weighted by Gasteiger charge is 2.16. The smallest absolute Gasteiger partial charge is 0.297 e. The van der Waals surface area contributed by atoms with E-state index in [9.17, 15) is 4.79 Å². The minimum atomic E-state index is -0.155. The molecule has 0 aliphatic carbocycles. The first-order valence-corrected chi connectivity index (χ1v) is 10.1. The molecule has 0 amide bonds. The Morgan fingerprint density at radius 1 is 0.839 bits per heavy atom. The molecule has 5 rings (SSSR count). The van der Waals surface area contributed by atoms with Gasteiger partial charge in [0.2, 0.25) is 0 Å². The lowest BCUT2D eigenvalue weighted by atomic mass is 10.1. The van der Waals surface area contributed by atoms with Crippen LogP contribution in [-0.2, 0) is 7.05 Å². The van der Waals surface area contributed by atoms with Gasteiger partial charge in [-0.3, -0.25) is 9.48 Å². The molecule has 0 saturated carbocycles. The van der Waals surface area contributed by atoms with E-state index in [1.807, 2.05) is 110 Å². The summed E-state index contributed by atoms with van der Waals surface area (Å²) < 4.78 is 9.61. The Labute approximate surface area is 179 Å². The van der Waals surface area contributed by atoms with Crippen molar-refractivity contribution in [3.63, 3.8) is 0 Å². The highest BCUT2D eigenvalue weighted by molar-refractivity contribution is 5.78. The Hall–Kier alpha value is -4.12. The molecule has 0 radical (unpaired) electrons. The van der Waals surface area contributed by atoms with Gasteiger partial charge in [-0.25, -0.2) is 9.67 Å². The molecule has 5 nitrogen and oxygen atoms in total. The summed E-state index contributed by atoms with van der Waals surface area (Å²) >= 11 is 0. The number of aromatic nitrogens is 2. The monoisotopic (exact) mass is 407 g/mol. The first-order valence-electron chi connectivity index (χ1n) is 10.1. The molecule has 0 fully saturated rings. The summed E-state index contributed by atoms with van der Waals surface area (Å²) in [6.45, 7) is 1.91. The molecule has 5 heteroatoms. The summed E-state index contributed by atoms with van der Waals surface area (Å²) in [6, 6.07) is 29.1. The van der Waals surface area contributed by atoms with Gasteiger partial charge in [-0.05, 0) is 31.2 Å². The molecule has 0 unspecified atom stereocenters. The van der Waals surface area contributed by atoms with Crippen molar-refractivity contribution in [1.29, 1.82) is 0 Å². The molecule has 0 aliphatic heterocycles. The van der Waals surface area contributed by atoms with Crippen LogP contribution in [0.4, 0.5) is 5.69 Å². The molecule has 0 spiro atoms. The average molecular weight is 407 g/mol. The third-order valence-corrected chi connectivity index (χ3v) is 5.47. The normalized spacial score (nSPS) is 11.9. The Kier molecular flexibility index (Phi) is 4.64. The van der Waals surface area contributed by atoms with E-state index in [0.717, 1.165) is 27.9 Å². The number of fused-ring (bicyclic) bond motifs is 1. The third kappa shape index (κ3) is 3.30. The highest BCUT2D eigenvalue weighted by Crippen LogP contribution is 2.23. The summed E-state index contributed by atoms with van der Waals surface area (Å²) in [4.78, 5) is 18.2. The van der Waals surface area contributed by atoms with Crippen LogP contribution in [-0.4, -0.2) is 9.36 Å². The zero-order valence-electron chi connectivity index (χ0n) is 17.3. The van der Waals surface area contributed by atoms with Crippen molar-refractivity contribution in [2.45, 2.75) is 6.92 Å². The molecule has 152 valence electrons. The fourth-order valence-corrected chi connectivity index (χ4v) is 3.76. The maximum Gasteiger partial charge on any atom is 0.297 e. The fraction of sp³-hybridized carbons (Fsp3) is 0.0769. The summed E-state index contributed by atoms with van der Waals surface area (Å²) in [5, 5.41) is 1.56. The molecule has 5 aromatic rings. The maximum absolute atomic E-state index is 13.3. The predicted octanol–water partition coefficient (Wildman–Crippen LogP) is 5.13. The van der Waals surface area contributed by atoms with Gasteiger partial charge in [0.25, 0.3) is 5.56 Å². The number of para-hydroxylation sites is 2. The maximum atomic E-state index is 13.3. The summed E-state index contributed by atoms with van der Waals surface area (Å²) in [6.07, 6.45) is 0. The van der Waals surface area contributed by atoms with Crippen molar-refractivity contribution >= 4 is 16.7 Å². The number of hydrogen-bond donors (Lipinski definition) is 0. The van der Waals surface area contributed by atoms with Crippen LogP contribution in [0.15, 0.2) is 105 Å². The van der Waals surface area contributed by atoms with Crippen LogP contribution in [0.2, 0.25) is 0 Å². The van der Waals surface area contributed by atoms with Crippen LogP contribution in [0, 0.1) is 6.92 Å². The lowest BCUT2D eigenvalue weighted by Gasteiger charge is -2.07. The first kappa shape index (κ1) is 18.9. The van der Waals surface area contributed by atoms with Crippen molar-refractivity contribution in [2.75, 3.05) is 0 Å². The minimum Gasteiger partial charge on any atom is -0.456 e. The van der Waals surface area contributed by atoms with Crippen molar-refractivity contribution in [1.82, 2.24) is 9.36 Å². The van der Waals surface area contributed by atoms with E-state index >= 15 is 0 Å². The molecular formula is C26H21N3O2. The quantitative estimate of drug-likeness (QED) is 0.416. The summed E-state index contributed by atoms with van der Waals surface area (Å²) in [7, 11) is 1.87. The van der Waals surface area contributed by atoms with E-state index in [1.165, 1.54) is 0 Å². The van der Waals surface area contributed by atoms with Crippen molar-refractivity contribution < 1.29 is 4.42 Å².